The van der Waals surface area contributed by atoms with E-state index in [1.54, 1.807) is 27.7 Å². The van der Waals surface area contributed by atoms with E-state index in [4.69, 9.17) is 0 Å². The zero-order valence-electron chi connectivity index (χ0n) is 16.8. The highest BCUT2D eigenvalue weighted by atomic mass is 32.2. The van der Waals surface area contributed by atoms with E-state index in [0.29, 0.717) is 4.31 Å². The number of carbonyl (C=O) groups is 1. The van der Waals surface area contributed by atoms with Crippen LogP contribution in [0, 0.1) is 20.2 Å². The monoisotopic (exact) mass is 432 g/mol. The minimum Gasteiger partial charge on any atom is -0.452 e. The third-order valence-corrected chi connectivity index (χ3v) is 5.82. The van der Waals surface area contributed by atoms with Gasteiger partial charge in [-0.2, -0.15) is 0 Å². The van der Waals surface area contributed by atoms with E-state index in [1.807, 2.05) is 0 Å². The van der Waals surface area contributed by atoms with Crippen LogP contribution in [0.25, 0.3) is 0 Å². The summed E-state index contributed by atoms with van der Waals surface area (Å²) in [5.74, 6) is 0. The standard InChI is InChI=1S/C16H24N4O8S/c1-6-8-18(16(21)28-5)29(26,27)12-9-13(19(22)23)15(14(10-12)20(24)25)17(7-2)11(3)4/h9-11H,6-8H2,1-5H3. The maximum absolute atomic E-state index is 12.9. The minimum absolute atomic E-state index is 0.218. The molecule has 0 aromatic heterocycles. The molecule has 0 heterocycles. The van der Waals surface area contributed by atoms with Gasteiger partial charge in [0.25, 0.3) is 10.0 Å². The topological polar surface area (TPSA) is 153 Å². The summed E-state index contributed by atoms with van der Waals surface area (Å²) in [6.45, 7) is 6.63. The number of benzene rings is 1. The molecular weight excluding hydrogens is 408 g/mol. The Balaban J connectivity index is 3.90. The first-order valence-corrected chi connectivity index (χ1v) is 10.2. The molecule has 0 aliphatic heterocycles. The lowest BCUT2D eigenvalue weighted by molar-refractivity contribution is -0.393. The minimum atomic E-state index is -4.62. The molecule has 0 saturated heterocycles. The molecule has 0 aliphatic carbocycles. The molecule has 0 fully saturated rings. The summed E-state index contributed by atoms with van der Waals surface area (Å²) in [5, 5.41) is 23.3. The van der Waals surface area contributed by atoms with E-state index in [2.05, 4.69) is 4.74 Å². The number of nitro benzene ring substituents is 2. The van der Waals surface area contributed by atoms with Gasteiger partial charge in [0.1, 0.15) is 4.90 Å². The SMILES string of the molecule is CCCN(C(=O)OC)S(=O)(=O)c1cc([N+](=O)[O-])c(N(CC)C(C)C)c([N+](=O)[O-])c1. The quantitative estimate of drug-likeness (QED) is 0.423. The van der Waals surface area contributed by atoms with E-state index in [1.165, 1.54) is 4.90 Å². The van der Waals surface area contributed by atoms with Crippen molar-refractivity contribution in [1.29, 1.82) is 0 Å². The number of sulfonamides is 1. The fourth-order valence-corrected chi connectivity index (χ4v) is 4.29. The van der Waals surface area contributed by atoms with Crippen LogP contribution in [0.1, 0.15) is 34.1 Å². The van der Waals surface area contributed by atoms with Crippen LogP contribution in [0.15, 0.2) is 17.0 Å². The van der Waals surface area contributed by atoms with Gasteiger partial charge in [0.05, 0.1) is 17.0 Å². The van der Waals surface area contributed by atoms with E-state index in [-0.39, 0.29) is 31.2 Å². The van der Waals surface area contributed by atoms with Crippen LogP contribution < -0.4 is 4.90 Å². The van der Waals surface area contributed by atoms with Crippen molar-refractivity contribution in [3.8, 4) is 0 Å². The lowest BCUT2D eigenvalue weighted by atomic mass is 10.1. The Morgan fingerprint density at radius 2 is 1.62 bits per heavy atom. The van der Waals surface area contributed by atoms with Gasteiger partial charge in [0.2, 0.25) is 0 Å². The Kier molecular flexibility index (Phi) is 7.88. The number of nitro groups is 2. The zero-order valence-corrected chi connectivity index (χ0v) is 17.6. The first-order valence-electron chi connectivity index (χ1n) is 8.78. The molecule has 0 spiro atoms. The summed E-state index contributed by atoms with van der Waals surface area (Å²) in [4.78, 5) is 34.2. The van der Waals surface area contributed by atoms with E-state index < -0.39 is 42.2 Å². The number of rotatable bonds is 9. The van der Waals surface area contributed by atoms with Crippen LogP contribution in [-0.2, 0) is 14.8 Å². The molecule has 29 heavy (non-hydrogen) atoms. The smallest absolute Gasteiger partial charge is 0.423 e. The van der Waals surface area contributed by atoms with Crippen LogP contribution >= 0.6 is 0 Å². The normalized spacial score (nSPS) is 11.2. The van der Waals surface area contributed by atoms with Crippen molar-refractivity contribution in [3.63, 3.8) is 0 Å². The summed E-state index contributed by atoms with van der Waals surface area (Å²) in [7, 11) is -3.64. The second-order valence-corrected chi connectivity index (χ2v) is 8.11. The third kappa shape index (κ3) is 4.91. The van der Waals surface area contributed by atoms with Gasteiger partial charge >= 0.3 is 17.5 Å². The van der Waals surface area contributed by atoms with E-state index >= 15 is 0 Å². The van der Waals surface area contributed by atoms with Crippen molar-refractivity contribution in [2.24, 2.45) is 0 Å². The molecule has 1 aromatic rings. The Hall–Kier alpha value is -2.96. The highest BCUT2D eigenvalue weighted by Gasteiger charge is 2.37. The Morgan fingerprint density at radius 1 is 1.14 bits per heavy atom. The van der Waals surface area contributed by atoms with Crippen LogP contribution in [0.2, 0.25) is 0 Å². The molecule has 0 radical (unpaired) electrons. The van der Waals surface area contributed by atoms with Gasteiger partial charge in [-0.05, 0) is 27.2 Å². The maximum Gasteiger partial charge on any atom is 0.423 e. The summed E-state index contributed by atoms with van der Waals surface area (Å²) in [5.41, 5.74) is -1.78. The van der Waals surface area contributed by atoms with Gasteiger partial charge in [0, 0.05) is 31.3 Å². The molecule has 1 amide bonds. The number of methoxy groups -OCH3 is 1. The average molecular weight is 432 g/mol. The summed E-state index contributed by atoms with van der Waals surface area (Å²) < 4.78 is 30.7. The number of ether oxygens (including phenoxy) is 1. The fraction of sp³-hybridized carbons (Fsp3) is 0.562. The number of anilines is 1. The highest BCUT2D eigenvalue weighted by molar-refractivity contribution is 7.89. The molecule has 0 saturated carbocycles. The number of nitrogens with zero attached hydrogens (tertiary/aromatic N) is 4. The van der Waals surface area contributed by atoms with Crippen LogP contribution in [0.5, 0.6) is 0 Å². The van der Waals surface area contributed by atoms with Crippen LogP contribution in [0.3, 0.4) is 0 Å². The first kappa shape index (κ1) is 24.1. The van der Waals surface area contributed by atoms with Crippen LogP contribution in [0.4, 0.5) is 21.9 Å². The van der Waals surface area contributed by atoms with E-state index in [9.17, 15) is 33.4 Å². The van der Waals surface area contributed by atoms with Crippen molar-refractivity contribution in [2.45, 2.75) is 45.1 Å². The number of amides is 1. The van der Waals surface area contributed by atoms with Gasteiger partial charge in [-0.1, -0.05) is 6.92 Å². The van der Waals surface area contributed by atoms with Gasteiger partial charge in [-0.15, -0.1) is 0 Å². The predicted octanol–water partition coefficient (Wildman–Crippen LogP) is 2.90. The van der Waals surface area contributed by atoms with Crippen molar-refractivity contribution >= 4 is 33.2 Å². The second-order valence-electron chi connectivity index (χ2n) is 6.25. The molecule has 0 unspecified atom stereocenters. The number of hydrogen-bond donors (Lipinski definition) is 0. The van der Waals surface area contributed by atoms with Crippen molar-refractivity contribution < 1.29 is 27.8 Å². The molecular formula is C16H24N4O8S. The Bertz CT molecular complexity index is 865. The number of carbonyl (C=O) groups excluding carboxylic acids is 1. The zero-order chi connectivity index (χ0) is 22.5. The Labute approximate surface area is 168 Å². The highest BCUT2D eigenvalue weighted by Crippen LogP contribution is 2.41. The first-order chi connectivity index (χ1) is 13.4. The second kappa shape index (κ2) is 9.49. The third-order valence-electron chi connectivity index (χ3n) is 4.08. The molecule has 12 nitrogen and oxygen atoms in total. The summed E-state index contributed by atoms with van der Waals surface area (Å²) in [6.07, 6.45) is -0.952. The van der Waals surface area contributed by atoms with Crippen molar-refractivity contribution in [2.75, 3.05) is 25.1 Å². The molecule has 0 aliphatic rings. The lowest BCUT2D eigenvalue weighted by Crippen LogP contribution is -2.37. The van der Waals surface area contributed by atoms with Gasteiger partial charge < -0.3 is 9.64 Å². The average Bonchev–Trinajstić information content (AvgIpc) is 2.64. The van der Waals surface area contributed by atoms with Gasteiger partial charge in [-0.25, -0.2) is 17.5 Å². The molecule has 0 atom stereocenters. The van der Waals surface area contributed by atoms with Gasteiger partial charge in [-0.3, -0.25) is 20.2 Å². The van der Waals surface area contributed by atoms with Gasteiger partial charge in [0.15, 0.2) is 5.69 Å². The molecule has 0 bridgehead atoms. The molecule has 13 heteroatoms. The molecule has 1 rings (SSSR count). The maximum atomic E-state index is 12.9. The number of hydrogen-bond acceptors (Lipinski definition) is 9. The largest absolute Gasteiger partial charge is 0.452 e. The lowest BCUT2D eigenvalue weighted by Gasteiger charge is -2.27. The Morgan fingerprint density at radius 3 is 1.93 bits per heavy atom. The van der Waals surface area contributed by atoms with Crippen molar-refractivity contribution in [1.82, 2.24) is 4.31 Å². The molecule has 1 aromatic carbocycles. The molecule has 0 N–H and O–H groups in total. The molecule has 162 valence electrons. The fourth-order valence-electron chi connectivity index (χ4n) is 2.82. The predicted molar refractivity (Wildman–Crippen MR) is 104 cm³/mol. The van der Waals surface area contributed by atoms with Crippen molar-refractivity contribution in [3.05, 3.63) is 32.4 Å². The van der Waals surface area contributed by atoms with E-state index in [0.717, 1.165) is 19.2 Å². The van der Waals surface area contributed by atoms with Crippen LogP contribution in [-0.4, -0.2) is 54.9 Å². The summed E-state index contributed by atoms with van der Waals surface area (Å²) >= 11 is 0. The summed E-state index contributed by atoms with van der Waals surface area (Å²) in [6, 6.07) is 1.13.